The molecule has 126 valence electrons. The standard InChI is InChI=1S/C19H20Br2N2O/c1-12(2)15-9-16(20)18(17(21)10-15)22-19(24)23-8-7-13-5-3-4-6-14(13)11-23/h3-6,9-10,12H,7-8,11H2,1-2H3,(H,22,24). The molecule has 0 atom stereocenters. The van der Waals surface area contributed by atoms with Gasteiger partial charge in [-0.05, 0) is 73.0 Å². The van der Waals surface area contributed by atoms with Crippen LogP contribution in [-0.2, 0) is 13.0 Å². The quantitative estimate of drug-likeness (QED) is 0.603. The van der Waals surface area contributed by atoms with E-state index < -0.39 is 0 Å². The first-order chi connectivity index (χ1) is 11.5. The number of carbonyl (C=O) groups excluding carboxylic acids is 1. The molecule has 0 saturated carbocycles. The topological polar surface area (TPSA) is 32.3 Å². The first-order valence-electron chi connectivity index (χ1n) is 8.07. The summed E-state index contributed by atoms with van der Waals surface area (Å²) in [4.78, 5) is 14.5. The maximum Gasteiger partial charge on any atom is 0.322 e. The van der Waals surface area contributed by atoms with Gasteiger partial charge in [-0.25, -0.2) is 4.79 Å². The van der Waals surface area contributed by atoms with Crippen LogP contribution in [0.3, 0.4) is 0 Å². The molecule has 0 saturated heterocycles. The van der Waals surface area contributed by atoms with E-state index in [1.54, 1.807) is 0 Å². The Hall–Kier alpha value is -1.33. The molecule has 1 aliphatic rings. The zero-order chi connectivity index (χ0) is 17.3. The van der Waals surface area contributed by atoms with Gasteiger partial charge in [0.2, 0.25) is 0 Å². The molecular weight excluding hydrogens is 432 g/mol. The highest BCUT2D eigenvalue weighted by atomic mass is 79.9. The van der Waals surface area contributed by atoms with Crippen LogP contribution in [0.2, 0.25) is 0 Å². The number of halogens is 2. The van der Waals surface area contributed by atoms with E-state index in [-0.39, 0.29) is 6.03 Å². The maximum absolute atomic E-state index is 12.7. The third-order valence-corrected chi connectivity index (χ3v) is 5.63. The molecule has 24 heavy (non-hydrogen) atoms. The first-order valence-corrected chi connectivity index (χ1v) is 9.66. The van der Waals surface area contributed by atoms with Crippen LogP contribution in [-0.4, -0.2) is 17.5 Å². The van der Waals surface area contributed by atoms with Gasteiger partial charge in [-0.1, -0.05) is 38.1 Å². The lowest BCUT2D eigenvalue weighted by atomic mass is 10.0. The van der Waals surface area contributed by atoms with E-state index in [0.717, 1.165) is 27.6 Å². The molecule has 1 heterocycles. The Balaban J connectivity index is 1.76. The number of anilines is 1. The van der Waals surface area contributed by atoms with E-state index in [4.69, 9.17) is 0 Å². The van der Waals surface area contributed by atoms with E-state index >= 15 is 0 Å². The SMILES string of the molecule is CC(C)c1cc(Br)c(NC(=O)N2CCc3ccccc3C2)c(Br)c1. The molecule has 2 aromatic rings. The number of nitrogens with one attached hydrogen (secondary N) is 1. The zero-order valence-corrected chi connectivity index (χ0v) is 16.9. The van der Waals surface area contributed by atoms with Crippen LogP contribution in [0.4, 0.5) is 10.5 Å². The summed E-state index contributed by atoms with van der Waals surface area (Å²) in [6.07, 6.45) is 0.901. The van der Waals surface area contributed by atoms with Gasteiger partial charge in [0.15, 0.2) is 0 Å². The van der Waals surface area contributed by atoms with Gasteiger partial charge in [-0.15, -0.1) is 0 Å². The van der Waals surface area contributed by atoms with Gasteiger partial charge in [0, 0.05) is 22.0 Å². The molecule has 3 rings (SSSR count). The molecule has 1 N–H and O–H groups in total. The summed E-state index contributed by atoms with van der Waals surface area (Å²) in [7, 11) is 0. The molecule has 0 aromatic heterocycles. The molecule has 0 bridgehead atoms. The van der Waals surface area contributed by atoms with Crippen molar-refractivity contribution < 1.29 is 4.79 Å². The van der Waals surface area contributed by atoms with Crippen molar-refractivity contribution in [2.75, 3.05) is 11.9 Å². The number of benzene rings is 2. The Kier molecular flexibility index (Phi) is 5.30. The van der Waals surface area contributed by atoms with Crippen molar-refractivity contribution in [3.8, 4) is 0 Å². The van der Waals surface area contributed by atoms with Crippen LogP contribution in [0.15, 0.2) is 45.3 Å². The molecule has 3 nitrogen and oxygen atoms in total. The fourth-order valence-electron chi connectivity index (χ4n) is 2.90. The zero-order valence-electron chi connectivity index (χ0n) is 13.8. The van der Waals surface area contributed by atoms with Gasteiger partial charge in [0.1, 0.15) is 0 Å². The predicted octanol–water partition coefficient (Wildman–Crippen LogP) is 5.93. The number of fused-ring (bicyclic) bond motifs is 1. The lowest BCUT2D eigenvalue weighted by Gasteiger charge is -2.29. The average molecular weight is 452 g/mol. The van der Waals surface area contributed by atoms with E-state index in [9.17, 15) is 4.79 Å². The molecule has 0 unspecified atom stereocenters. The van der Waals surface area contributed by atoms with Crippen molar-refractivity contribution in [3.05, 3.63) is 62.0 Å². The molecule has 0 aliphatic carbocycles. The van der Waals surface area contributed by atoms with Gasteiger partial charge in [-0.3, -0.25) is 0 Å². The Bertz CT molecular complexity index is 751. The summed E-state index contributed by atoms with van der Waals surface area (Å²) in [6.45, 7) is 5.69. The number of nitrogens with zero attached hydrogens (tertiary/aromatic N) is 1. The number of amides is 2. The second-order valence-corrected chi connectivity index (χ2v) is 8.09. The minimum atomic E-state index is -0.0665. The molecular formula is C19H20Br2N2O. The van der Waals surface area contributed by atoms with Crippen LogP contribution >= 0.6 is 31.9 Å². The summed E-state index contributed by atoms with van der Waals surface area (Å²) in [5.41, 5.74) is 4.57. The lowest BCUT2D eigenvalue weighted by molar-refractivity contribution is 0.206. The van der Waals surface area contributed by atoms with Crippen LogP contribution in [0.1, 0.15) is 36.5 Å². The van der Waals surface area contributed by atoms with Crippen LogP contribution in [0, 0.1) is 0 Å². The summed E-state index contributed by atoms with van der Waals surface area (Å²) in [6, 6.07) is 12.4. The van der Waals surface area contributed by atoms with Crippen molar-refractivity contribution in [3.63, 3.8) is 0 Å². The van der Waals surface area contributed by atoms with Crippen molar-refractivity contribution in [1.82, 2.24) is 4.90 Å². The molecule has 0 fully saturated rings. The number of hydrogen-bond donors (Lipinski definition) is 1. The van der Waals surface area contributed by atoms with Crippen molar-refractivity contribution in [2.45, 2.75) is 32.7 Å². The molecule has 0 radical (unpaired) electrons. The summed E-state index contributed by atoms with van der Waals surface area (Å²) in [5, 5.41) is 3.04. The van der Waals surface area contributed by atoms with Gasteiger partial charge < -0.3 is 10.2 Å². The predicted molar refractivity (Wildman–Crippen MR) is 106 cm³/mol. The van der Waals surface area contributed by atoms with Crippen LogP contribution in [0.25, 0.3) is 0 Å². The number of rotatable bonds is 2. The van der Waals surface area contributed by atoms with Crippen LogP contribution < -0.4 is 5.32 Å². The van der Waals surface area contributed by atoms with Gasteiger partial charge >= 0.3 is 6.03 Å². The normalized spacial score (nSPS) is 13.8. The second kappa shape index (κ2) is 7.28. The Morgan fingerprint density at radius 1 is 1.12 bits per heavy atom. The highest BCUT2D eigenvalue weighted by Gasteiger charge is 2.22. The van der Waals surface area contributed by atoms with Crippen molar-refractivity contribution in [1.29, 1.82) is 0 Å². The minimum Gasteiger partial charge on any atom is -0.320 e. The third-order valence-electron chi connectivity index (χ3n) is 4.38. The Labute approximate surface area is 159 Å². The van der Waals surface area contributed by atoms with E-state index in [1.165, 1.54) is 16.7 Å². The van der Waals surface area contributed by atoms with Crippen LogP contribution in [0.5, 0.6) is 0 Å². The molecule has 1 aliphatic heterocycles. The number of hydrogen-bond acceptors (Lipinski definition) is 1. The monoisotopic (exact) mass is 450 g/mol. The second-order valence-electron chi connectivity index (χ2n) is 6.38. The van der Waals surface area contributed by atoms with E-state index in [1.807, 2.05) is 11.0 Å². The van der Waals surface area contributed by atoms with Crippen molar-refractivity contribution in [2.24, 2.45) is 0 Å². The van der Waals surface area contributed by atoms with E-state index in [2.05, 4.69) is 81.4 Å². The summed E-state index contributed by atoms with van der Waals surface area (Å²) >= 11 is 7.16. The van der Waals surface area contributed by atoms with Gasteiger partial charge in [-0.2, -0.15) is 0 Å². The highest BCUT2D eigenvalue weighted by Crippen LogP contribution is 2.35. The summed E-state index contributed by atoms with van der Waals surface area (Å²) in [5.74, 6) is 0.431. The number of urea groups is 1. The molecule has 2 aromatic carbocycles. The third kappa shape index (κ3) is 3.67. The number of carbonyl (C=O) groups is 1. The average Bonchev–Trinajstić information content (AvgIpc) is 2.57. The molecule has 0 spiro atoms. The van der Waals surface area contributed by atoms with Gasteiger partial charge in [0.05, 0.1) is 5.69 Å². The smallest absolute Gasteiger partial charge is 0.320 e. The highest BCUT2D eigenvalue weighted by molar-refractivity contribution is 9.11. The maximum atomic E-state index is 12.7. The van der Waals surface area contributed by atoms with Gasteiger partial charge in [0.25, 0.3) is 0 Å². The van der Waals surface area contributed by atoms with Crippen molar-refractivity contribution >= 4 is 43.6 Å². The lowest BCUT2D eigenvalue weighted by Crippen LogP contribution is -2.39. The molecule has 2 amide bonds. The largest absolute Gasteiger partial charge is 0.322 e. The first kappa shape index (κ1) is 17.5. The fraction of sp³-hybridized carbons (Fsp3) is 0.316. The minimum absolute atomic E-state index is 0.0665. The summed E-state index contributed by atoms with van der Waals surface area (Å²) < 4.78 is 1.79. The van der Waals surface area contributed by atoms with E-state index in [0.29, 0.717) is 12.5 Å². The fourth-order valence-corrected chi connectivity index (χ4v) is 4.32. The molecule has 5 heteroatoms. The Morgan fingerprint density at radius 3 is 2.38 bits per heavy atom. The Morgan fingerprint density at radius 2 is 1.75 bits per heavy atom.